The number of hydrogen-bond acceptors (Lipinski definition) is 8. The standard InChI is InChI=1S/C32H34N2O6/c1-18(2)39-27-12-10-20(16-29(27)37-4)22-14-25-31(26(36)15-22)32(34-24-9-7-6-8-23(24)33-25)21-11-13-28(40-19(3)35)30(17-21)38-5/h6-13,16-18,22,32-34H,14-15H2,1-5H3. The Bertz CT molecular complexity index is 1480. The van der Waals surface area contributed by atoms with Gasteiger partial charge in [0, 0.05) is 24.6 Å². The van der Waals surface area contributed by atoms with Crippen LogP contribution in [0.25, 0.3) is 0 Å². The first kappa shape index (κ1) is 27.1. The Morgan fingerprint density at radius 3 is 2.20 bits per heavy atom. The Morgan fingerprint density at radius 1 is 0.850 bits per heavy atom. The molecule has 0 spiro atoms. The summed E-state index contributed by atoms with van der Waals surface area (Å²) in [6, 6.07) is 18.7. The molecule has 3 aromatic rings. The molecule has 0 bridgehead atoms. The third-order valence-electron chi connectivity index (χ3n) is 7.11. The van der Waals surface area contributed by atoms with Crippen LogP contribution in [0.3, 0.4) is 0 Å². The van der Waals surface area contributed by atoms with Crippen LogP contribution in [0.1, 0.15) is 56.7 Å². The molecule has 1 aliphatic heterocycles. The van der Waals surface area contributed by atoms with Gasteiger partial charge in [0.05, 0.1) is 37.7 Å². The number of anilines is 2. The van der Waals surface area contributed by atoms with E-state index in [-0.39, 0.29) is 17.8 Å². The number of rotatable bonds is 7. The van der Waals surface area contributed by atoms with Crippen LogP contribution in [0.15, 0.2) is 71.9 Å². The number of methoxy groups -OCH3 is 2. The Hall–Kier alpha value is -4.46. The van der Waals surface area contributed by atoms with E-state index in [4.69, 9.17) is 18.9 Å². The van der Waals surface area contributed by atoms with E-state index >= 15 is 0 Å². The van der Waals surface area contributed by atoms with Gasteiger partial charge in [-0.25, -0.2) is 0 Å². The predicted molar refractivity (Wildman–Crippen MR) is 153 cm³/mol. The zero-order valence-electron chi connectivity index (χ0n) is 23.4. The number of carbonyl (C=O) groups excluding carboxylic acids is 2. The number of hydrogen-bond donors (Lipinski definition) is 2. The molecule has 2 atom stereocenters. The number of benzene rings is 3. The lowest BCUT2D eigenvalue weighted by atomic mass is 9.78. The smallest absolute Gasteiger partial charge is 0.308 e. The van der Waals surface area contributed by atoms with Gasteiger partial charge in [0.1, 0.15) is 0 Å². The van der Waals surface area contributed by atoms with Gasteiger partial charge in [-0.3, -0.25) is 9.59 Å². The van der Waals surface area contributed by atoms with E-state index in [1.54, 1.807) is 13.2 Å². The second kappa shape index (κ2) is 11.3. The first-order chi connectivity index (χ1) is 19.3. The summed E-state index contributed by atoms with van der Waals surface area (Å²) in [5, 5.41) is 7.14. The molecule has 1 heterocycles. The van der Waals surface area contributed by atoms with Gasteiger partial charge in [-0.15, -0.1) is 0 Å². The third kappa shape index (κ3) is 5.47. The van der Waals surface area contributed by atoms with E-state index in [0.717, 1.165) is 28.2 Å². The summed E-state index contributed by atoms with van der Waals surface area (Å²) in [5.74, 6) is 1.65. The molecule has 1 aliphatic carbocycles. The van der Waals surface area contributed by atoms with Crippen molar-refractivity contribution in [2.75, 3.05) is 24.9 Å². The molecule has 0 saturated heterocycles. The average Bonchev–Trinajstić information content (AvgIpc) is 3.10. The molecular weight excluding hydrogens is 508 g/mol. The average molecular weight is 543 g/mol. The molecule has 0 fully saturated rings. The van der Waals surface area contributed by atoms with Crippen LogP contribution in [0.4, 0.5) is 11.4 Å². The first-order valence-electron chi connectivity index (χ1n) is 13.4. The molecule has 8 heteroatoms. The van der Waals surface area contributed by atoms with Crippen molar-refractivity contribution in [2.45, 2.75) is 51.7 Å². The number of allylic oxidation sites excluding steroid dienone is 1. The van der Waals surface area contributed by atoms with Crippen molar-refractivity contribution < 1.29 is 28.5 Å². The number of nitrogens with one attached hydrogen (secondary N) is 2. The molecule has 0 saturated carbocycles. The zero-order chi connectivity index (χ0) is 28.4. The summed E-state index contributed by atoms with van der Waals surface area (Å²) < 4.78 is 22.3. The van der Waals surface area contributed by atoms with E-state index in [2.05, 4.69) is 10.6 Å². The highest BCUT2D eigenvalue weighted by Gasteiger charge is 2.36. The van der Waals surface area contributed by atoms with Gasteiger partial charge in [0.2, 0.25) is 0 Å². The van der Waals surface area contributed by atoms with Gasteiger partial charge in [-0.05, 0) is 73.7 Å². The minimum atomic E-state index is -0.435. The number of ketones is 1. The number of ether oxygens (including phenoxy) is 4. The second-order valence-corrected chi connectivity index (χ2v) is 10.2. The summed E-state index contributed by atoms with van der Waals surface area (Å²) in [4.78, 5) is 25.5. The molecule has 40 heavy (non-hydrogen) atoms. The van der Waals surface area contributed by atoms with Gasteiger partial charge < -0.3 is 29.6 Å². The molecule has 2 N–H and O–H groups in total. The van der Waals surface area contributed by atoms with Crippen LogP contribution in [0, 0.1) is 0 Å². The highest BCUT2D eigenvalue weighted by Crippen LogP contribution is 2.46. The molecule has 3 aromatic carbocycles. The summed E-state index contributed by atoms with van der Waals surface area (Å²) in [6.45, 7) is 5.29. The monoisotopic (exact) mass is 542 g/mol. The number of esters is 1. The zero-order valence-corrected chi connectivity index (χ0v) is 23.4. The van der Waals surface area contributed by atoms with Gasteiger partial charge in [-0.2, -0.15) is 0 Å². The normalized spacial score (nSPS) is 18.1. The highest BCUT2D eigenvalue weighted by molar-refractivity contribution is 6.01. The van der Waals surface area contributed by atoms with E-state index in [0.29, 0.717) is 41.4 Å². The fraction of sp³-hybridized carbons (Fsp3) is 0.312. The predicted octanol–water partition coefficient (Wildman–Crippen LogP) is 6.40. The third-order valence-corrected chi connectivity index (χ3v) is 7.11. The largest absolute Gasteiger partial charge is 0.493 e. The maximum Gasteiger partial charge on any atom is 0.308 e. The maximum absolute atomic E-state index is 13.9. The van der Waals surface area contributed by atoms with Crippen molar-refractivity contribution in [3.63, 3.8) is 0 Å². The molecule has 2 aliphatic rings. The topological polar surface area (TPSA) is 95.1 Å². The summed E-state index contributed by atoms with van der Waals surface area (Å²) in [5.41, 5.74) is 5.17. The van der Waals surface area contributed by atoms with E-state index in [1.807, 2.05) is 68.4 Å². The van der Waals surface area contributed by atoms with Crippen LogP contribution in [-0.2, 0) is 9.59 Å². The SMILES string of the molecule is COc1cc(C2Nc3ccccc3NC3=C2C(=O)CC(c2ccc(OC(C)C)c(OC)c2)C3)ccc1OC(C)=O. The Balaban J connectivity index is 1.55. The van der Waals surface area contributed by atoms with Crippen LogP contribution in [-0.4, -0.2) is 32.1 Å². The highest BCUT2D eigenvalue weighted by atomic mass is 16.6. The quantitative estimate of drug-likeness (QED) is 0.262. The molecule has 8 nitrogen and oxygen atoms in total. The van der Waals surface area contributed by atoms with Crippen molar-refractivity contribution in [3.8, 4) is 23.0 Å². The van der Waals surface area contributed by atoms with Crippen molar-refractivity contribution in [1.82, 2.24) is 0 Å². The fourth-order valence-corrected chi connectivity index (χ4v) is 5.37. The van der Waals surface area contributed by atoms with E-state index in [9.17, 15) is 9.59 Å². The number of carbonyl (C=O) groups is 2. The van der Waals surface area contributed by atoms with Gasteiger partial charge in [-0.1, -0.05) is 24.3 Å². The lowest BCUT2D eigenvalue weighted by molar-refractivity contribution is -0.132. The molecule has 0 amide bonds. The molecular formula is C32H34N2O6. The van der Waals surface area contributed by atoms with Crippen molar-refractivity contribution in [3.05, 3.63) is 83.1 Å². The van der Waals surface area contributed by atoms with Gasteiger partial charge >= 0.3 is 5.97 Å². The summed E-state index contributed by atoms with van der Waals surface area (Å²) in [6.07, 6.45) is 1.01. The fourth-order valence-electron chi connectivity index (χ4n) is 5.37. The van der Waals surface area contributed by atoms with Crippen LogP contribution >= 0.6 is 0 Å². The minimum Gasteiger partial charge on any atom is -0.493 e. The Kier molecular flexibility index (Phi) is 7.69. The summed E-state index contributed by atoms with van der Waals surface area (Å²) >= 11 is 0. The number of fused-ring (bicyclic) bond motifs is 1. The lowest BCUT2D eigenvalue weighted by Gasteiger charge is -2.30. The first-order valence-corrected chi connectivity index (χ1v) is 13.4. The molecule has 2 unspecified atom stereocenters. The minimum absolute atomic E-state index is 0.0186. The Labute approximate surface area is 234 Å². The van der Waals surface area contributed by atoms with Crippen LogP contribution in [0.2, 0.25) is 0 Å². The lowest BCUT2D eigenvalue weighted by Crippen LogP contribution is -2.27. The molecule has 208 valence electrons. The van der Waals surface area contributed by atoms with Gasteiger partial charge in [0.25, 0.3) is 0 Å². The van der Waals surface area contributed by atoms with E-state index in [1.165, 1.54) is 14.0 Å². The number of para-hydroxylation sites is 2. The molecule has 5 rings (SSSR count). The Morgan fingerprint density at radius 2 is 1.50 bits per heavy atom. The van der Waals surface area contributed by atoms with Crippen molar-refractivity contribution in [2.24, 2.45) is 0 Å². The molecule has 0 aromatic heterocycles. The van der Waals surface area contributed by atoms with E-state index < -0.39 is 12.0 Å². The summed E-state index contributed by atoms with van der Waals surface area (Å²) in [7, 11) is 3.15. The molecule has 0 radical (unpaired) electrons. The van der Waals surface area contributed by atoms with Crippen LogP contribution in [0.5, 0.6) is 23.0 Å². The second-order valence-electron chi connectivity index (χ2n) is 10.2. The van der Waals surface area contributed by atoms with Crippen molar-refractivity contribution in [1.29, 1.82) is 0 Å². The van der Waals surface area contributed by atoms with Crippen LogP contribution < -0.4 is 29.6 Å². The van der Waals surface area contributed by atoms with Crippen molar-refractivity contribution >= 4 is 23.1 Å². The number of Topliss-reactive ketones (excluding diaryl/α,β-unsaturated/α-hetero) is 1. The van der Waals surface area contributed by atoms with Gasteiger partial charge in [0.15, 0.2) is 28.8 Å². The maximum atomic E-state index is 13.9.